The van der Waals surface area contributed by atoms with Gasteiger partial charge in [-0.2, -0.15) is 0 Å². The third kappa shape index (κ3) is 8.86. The number of hydrogen-bond acceptors (Lipinski definition) is 16. The fourth-order valence-corrected chi connectivity index (χ4v) is 6.30. The molecule has 0 unspecified atom stereocenters. The lowest BCUT2D eigenvalue weighted by atomic mass is 9.99. The third-order valence-corrected chi connectivity index (χ3v) is 7.79. The smallest absolute Gasteiger partial charge is 0.463 e. The van der Waals surface area contributed by atoms with Gasteiger partial charge in [-0.05, 0) is 0 Å². The fraction of sp³-hybridized carbons (Fsp3) is 0.667. The van der Waals surface area contributed by atoms with Crippen LogP contribution in [0.5, 0.6) is 0 Å². The predicted molar refractivity (Wildman–Crippen MR) is 136 cm³/mol. The van der Waals surface area contributed by atoms with Crippen molar-refractivity contribution in [3.63, 3.8) is 0 Å². The van der Waals surface area contributed by atoms with E-state index in [1.807, 2.05) is 0 Å². The number of nitrogens with one attached hydrogen (secondary N) is 1. The van der Waals surface area contributed by atoms with E-state index < -0.39 is 103 Å². The monoisotopic (exact) mass is 712 g/mol. The Morgan fingerprint density at radius 2 is 1.53 bits per heavy atom. The molecule has 2 aromatic heterocycles. The highest BCUT2D eigenvalue weighted by atomic mass is 31.2. The first-order valence-corrected chi connectivity index (χ1v) is 16.9. The number of carbonyl (C=O) groups excluding carboxylic acids is 1. The second-order valence-corrected chi connectivity index (χ2v) is 13.0. The van der Waals surface area contributed by atoms with Crippen LogP contribution in [0.25, 0.3) is 11.2 Å². The van der Waals surface area contributed by atoms with E-state index in [9.17, 15) is 62.9 Å². The molecule has 0 radical (unpaired) electrons. The van der Waals surface area contributed by atoms with Gasteiger partial charge in [-0.1, -0.05) is 0 Å². The van der Waals surface area contributed by atoms with Crippen molar-refractivity contribution < 1.29 is 90.6 Å². The maximum absolute atomic E-state index is 12.1. The number of aromatic amines is 1. The Balaban J connectivity index is 1.74. The van der Waals surface area contributed by atoms with Crippen molar-refractivity contribution >= 4 is 40.6 Å². The summed E-state index contributed by atoms with van der Waals surface area (Å²) < 4.78 is 72.0. The number of esters is 1. The molecule has 0 aliphatic carbocycles. The van der Waals surface area contributed by atoms with Crippen molar-refractivity contribution in [3.8, 4) is 0 Å². The lowest BCUT2D eigenvalue weighted by Gasteiger charge is -2.44. The van der Waals surface area contributed by atoms with Crippen LogP contribution in [0.15, 0.2) is 17.4 Å². The Hall–Kier alpha value is -2.05. The maximum Gasteiger partial charge on any atom is 0.470 e. The van der Waals surface area contributed by atoms with Gasteiger partial charge in [0.1, 0.15) is 49.3 Å². The molecule has 4 rings (SSSR count). The van der Waals surface area contributed by atoms with Gasteiger partial charge in [-0.3, -0.25) is 27.7 Å². The second-order valence-electron chi connectivity index (χ2n) is 9.42. The number of hydrogen-bond donors (Lipinski definition) is 9. The van der Waals surface area contributed by atoms with Gasteiger partial charge in [0.2, 0.25) is 0 Å². The number of phosphoric acid groups is 3. The Morgan fingerprint density at radius 3 is 2.11 bits per heavy atom. The minimum atomic E-state index is -5.58. The minimum Gasteiger partial charge on any atom is -0.463 e. The summed E-state index contributed by atoms with van der Waals surface area (Å²) in [5.41, 5.74) is -1.09. The van der Waals surface area contributed by atoms with Crippen LogP contribution in [0.2, 0.25) is 0 Å². The zero-order chi connectivity index (χ0) is 33.5. The van der Waals surface area contributed by atoms with Gasteiger partial charge in [0.15, 0.2) is 23.7 Å². The molecule has 2 aliphatic rings. The number of aliphatic hydroxyl groups excluding tert-OH is 2. The van der Waals surface area contributed by atoms with E-state index in [1.165, 1.54) is 0 Å². The summed E-state index contributed by atoms with van der Waals surface area (Å²) in [4.78, 5) is 90.6. The van der Waals surface area contributed by atoms with Crippen molar-refractivity contribution in [2.75, 3.05) is 13.2 Å². The molecule has 0 aromatic carbocycles. The van der Waals surface area contributed by atoms with Crippen LogP contribution in [0, 0.1) is 0 Å². The quantitative estimate of drug-likeness (QED) is 0.0760. The Bertz CT molecular complexity index is 1570. The van der Waals surface area contributed by atoms with Crippen molar-refractivity contribution in [2.24, 2.45) is 0 Å². The first-order chi connectivity index (χ1) is 20.8. The van der Waals surface area contributed by atoms with E-state index in [0.717, 1.165) is 24.1 Å². The second kappa shape index (κ2) is 13.6. The summed E-state index contributed by atoms with van der Waals surface area (Å²) in [5, 5.41) is 21.0. The largest absolute Gasteiger partial charge is 0.470 e. The number of rotatable bonds is 12. The molecule has 0 saturated carbocycles. The number of phosphoric ester groups is 3. The SMILES string of the molecule is CC(=O)OC[C@H]1O[C@H](O[C@H]2[C@@H](OP(=O)(O)O)[C@H](n3cnc4c(=O)[nH]cnc43)O[C@@H]2CO)[C@H](O)[C@@H](OP(=O)(O)O)[C@@H]1OP(=O)(O)O. The van der Waals surface area contributed by atoms with E-state index >= 15 is 0 Å². The number of aromatic nitrogens is 4. The van der Waals surface area contributed by atoms with Gasteiger partial charge < -0.3 is 63.5 Å². The van der Waals surface area contributed by atoms with Gasteiger partial charge in [-0.25, -0.2) is 23.7 Å². The van der Waals surface area contributed by atoms with E-state index in [1.54, 1.807) is 0 Å². The molecule has 0 bridgehead atoms. The standard InChI is InChI=1S/C18H27N4O20P3/c1-6(24)36-3-8-12(40-43(27,28)29)13(41-44(30,31)32)10(25)18(38-8)39-11-7(2-23)37-17(14(11)42-45(33,34)35)22-5-21-9-15(22)19-4-20-16(9)26/h4-5,7-8,10-14,17-18,23,25H,2-3H2,1H3,(H,19,20,26)(H2,27,28,29)(H2,30,31,32)(H2,33,34,35)/t7-,8-,10-,11-,12-,13-,14-,17-,18-/m1/s1. The zero-order valence-electron chi connectivity index (χ0n) is 22.4. The summed E-state index contributed by atoms with van der Waals surface area (Å²) in [6, 6.07) is 0. The lowest BCUT2D eigenvalue weighted by Crippen LogP contribution is -2.62. The van der Waals surface area contributed by atoms with Crippen LogP contribution in [0.4, 0.5) is 0 Å². The van der Waals surface area contributed by atoms with Gasteiger partial charge in [0.05, 0.1) is 19.3 Å². The molecule has 24 nitrogen and oxygen atoms in total. The normalized spacial score (nSPS) is 31.4. The number of ether oxygens (including phenoxy) is 4. The highest BCUT2D eigenvalue weighted by molar-refractivity contribution is 7.46. The average Bonchev–Trinajstić information content (AvgIpc) is 3.46. The molecular formula is C18H27N4O20P3. The van der Waals surface area contributed by atoms with Crippen LogP contribution in [-0.4, -0.2) is 127 Å². The number of aliphatic hydroxyl groups is 2. The van der Waals surface area contributed by atoms with Crippen molar-refractivity contribution in [1.82, 2.24) is 19.5 Å². The van der Waals surface area contributed by atoms with Crippen LogP contribution in [0.3, 0.4) is 0 Å². The highest BCUT2D eigenvalue weighted by Crippen LogP contribution is 2.49. The summed E-state index contributed by atoms with van der Waals surface area (Å²) in [6.07, 6.45) is -16.1. The highest BCUT2D eigenvalue weighted by Gasteiger charge is 2.56. The van der Waals surface area contributed by atoms with Gasteiger partial charge >= 0.3 is 29.4 Å². The van der Waals surface area contributed by atoms with E-state index in [0.29, 0.717) is 0 Å². The summed E-state index contributed by atoms with van der Waals surface area (Å²) in [7, 11) is -16.5. The number of H-pyrrole nitrogens is 1. The molecule has 2 fully saturated rings. The molecule has 9 N–H and O–H groups in total. The number of fused-ring (bicyclic) bond motifs is 1. The number of imidazole rings is 1. The molecule has 9 atom stereocenters. The summed E-state index contributed by atoms with van der Waals surface area (Å²) in [5.74, 6) is -0.952. The Kier molecular flexibility index (Phi) is 10.8. The molecular weight excluding hydrogens is 685 g/mol. The van der Waals surface area contributed by atoms with Crippen LogP contribution in [0.1, 0.15) is 13.2 Å². The fourth-order valence-electron chi connectivity index (χ4n) is 4.62. The molecule has 0 spiro atoms. The van der Waals surface area contributed by atoms with Crippen molar-refractivity contribution in [3.05, 3.63) is 23.0 Å². The van der Waals surface area contributed by atoms with E-state index in [2.05, 4.69) is 24.0 Å². The Labute approximate surface area is 249 Å². The van der Waals surface area contributed by atoms with E-state index in [-0.39, 0.29) is 11.2 Å². The molecule has 45 heavy (non-hydrogen) atoms. The molecule has 254 valence electrons. The van der Waals surface area contributed by atoms with Gasteiger partial charge in [-0.15, -0.1) is 0 Å². The average molecular weight is 712 g/mol. The molecule has 27 heteroatoms. The van der Waals surface area contributed by atoms with Crippen molar-refractivity contribution in [2.45, 2.75) is 62.2 Å². The number of carbonyl (C=O) groups is 1. The minimum absolute atomic E-state index is 0.164. The molecule has 4 heterocycles. The lowest BCUT2D eigenvalue weighted by molar-refractivity contribution is -0.313. The first kappa shape index (κ1) is 35.8. The van der Waals surface area contributed by atoms with Gasteiger partial charge in [0, 0.05) is 6.92 Å². The molecule has 0 amide bonds. The summed E-state index contributed by atoms with van der Waals surface area (Å²) >= 11 is 0. The summed E-state index contributed by atoms with van der Waals surface area (Å²) in [6.45, 7) is -0.929. The zero-order valence-corrected chi connectivity index (χ0v) is 25.1. The van der Waals surface area contributed by atoms with Crippen LogP contribution < -0.4 is 5.56 Å². The Morgan fingerprint density at radius 1 is 0.933 bits per heavy atom. The van der Waals surface area contributed by atoms with Crippen LogP contribution in [-0.2, 0) is 51.0 Å². The molecule has 2 aliphatic heterocycles. The number of nitrogens with zero attached hydrogens (tertiary/aromatic N) is 3. The molecule has 2 saturated heterocycles. The topological polar surface area (TPSA) is 358 Å². The van der Waals surface area contributed by atoms with E-state index in [4.69, 9.17) is 23.5 Å². The maximum atomic E-state index is 12.1. The molecule has 2 aromatic rings. The third-order valence-electron chi connectivity index (χ3n) is 6.24. The van der Waals surface area contributed by atoms with Gasteiger partial charge in [0.25, 0.3) is 5.56 Å². The first-order valence-electron chi connectivity index (χ1n) is 12.3. The predicted octanol–water partition coefficient (Wildman–Crippen LogP) is -3.52. The van der Waals surface area contributed by atoms with Crippen LogP contribution >= 0.6 is 23.5 Å². The van der Waals surface area contributed by atoms with Crippen molar-refractivity contribution in [1.29, 1.82) is 0 Å².